The van der Waals surface area contributed by atoms with Crippen LogP contribution in [0.5, 0.6) is 5.75 Å². The average Bonchev–Trinajstić information content (AvgIpc) is 2.67. The van der Waals surface area contributed by atoms with Crippen molar-refractivity contribution < 1.29 is 4.74 Å². The maximum absolute atomic E-state index is 5.90. The van der Waals surface area contributed by atoms with Crippen LogP contribution in [0.3, 0.4) is 0 Å². The number of nitrogens with zero attached hydrogens (tertiary/aromatic N) is 1. The average molecular weight is 276 g/mol. The lowest BCUT2D eigenvalue weighted by atomic mass is 10.1. The molecule has 0 aliphatic heterocycles. The van der Waals surface area contributed by atoms with Crippen LogP contribution in [0.2, 0.25) is 0 Å². The van der Waals surface area contributed by atoms with E-state index in [0.29, 0.717) is 6.61 Å². The lowest BCUT2D eigenvalue weighted by Crippen LogP contribution is -2.03. The Morgan fingerprint density at radius 1 is 1.21 bits per heavy atom. The van der Waals surface area contributed by atoms with E-state index in [1.807, 2.05) is 26.0 Å². The van der Waals surface area contributed by atoms with Crippen molar-refractivity contribution in [2.75, 3.05) is 0 Å². The molecular formula is C15H20N2OS. The van der Waals surface area contributed by atoms with Crippen molar-refractivity contribution in [2.45, 2.75) is 40.3 Å². The summed E-state index contributed by atoms with van der Waals surface area (Å²) in [5.41, 5.74) is 9.34. The number of benzene rings is 1. The Labute approximate surface area is 118 Å². The van der Waals surface area contributed by atoms with Gasteiger partial charge in [-0.25, -0.2) is 4.98 Å². The number of rotatable bonds is 4. The molecule has 0 radical (unpaired) electrons. The van der Waals surface area contributed by atoms with Gasteiger partial charge in [0.1, 0.15) is 17.4 Å². The third-order valence-electron chi connectivity index (χ3n) is 2.85. The number of hydrogen-bond donors (Lipinski definition) is 1. The molecular weight excluding hydrogens is 256 g/mol. The number of ether oxygens (including phenoxy) is 1. The molecule has 0 spiro atoms. The molecule has 0 saturated carbocycles. The van der Waals surface area contributed by atoms with Gasteiger partial charge in [-0.2, -0.15) is 0 Å². The third-order valence-corrected chi connectivity index (χ3v) is 4.18. The Bertz CT molecular complexity index is 555. The van der Waals surface area contributed by atoms with E-state index in [9.17, 15) is 0 Å². The van der Waals surface area contributed by atoms with E-state index < -0.39 is 0 Å². The molecule has 1 atom stereocenters. The van der Waals surface area contributed by atoms with Crippen molar-refractivity contribution in [1.82, 2.24) is 4.98 Å². The normalized spacial score (nSPS) is 12.5. The second-order valence-electron chi connectivity index (χ2n) is 4.96. The van der Waals surface area contributed by atoms with E-state index in [2.05, 4.69) is 24.9 Å². The first-order valence-electron chi connectivity index (χ1n) is 6.38. The van der Waals surface area contributed by atoms with Crippen molar-refractivity contribution >= 4 is 11.3 Å². The number of aromatic nitrogens is 1. The molecule has 0 fully saturated rings. The Morgan fingerprint density at radius 2 is 1.84 bits per heavy atom. The zero-order valence-corrected chi connectivity index (χ0v) is 12.7. The van der Waals surface area contributed by atoms with E-state index in [1.54, 1.807) is 11.3 Å². The van der Waals surface area contributed by atoms with Crippen LogP contribution in [-0.2, 0) is 6.61 Å². The Hall–Kier alpha value is -1.39. The Morgan fingerprint density at radius 3 is 2.37 bits per heavy atom. The predicted molar refractivity (Wildman–Crippen MR) is 79.7 cm³/mol. The highest BCUT2D eigenvalue weighted by Gasteiger charge is 2.11. The predicted octanol–water partition coefficient (Wildman–Crippen LogP) is 3.67. The molecule has 0 amide bonds. The van der Waals surface area contributed by atoms with Crippen molar-refractivity contribution in [3.8, 4) is 5.75 Å². The van der Waals surface area contributed by atoms with Gasteiger partial charge in [0.05, 0.1) is 5.69 Å². The SMILES string of the molecule is Cc1cc(C)cc(OCc2nc(C)c(C(C)N)s2)c1. The van der Waals surface area contributed by atoms with Gasteiger partial charge in [0, 0.05) is 10.9 Å². The fourth-order valence-electron chi connectivity index (χ4n) is 2.11. The van der Waals surface area contributed by atoms with E-state index in [-0.39, 0.29) is 6.04 Å². The molecule has 2 rings (SSSR count). The number of thiazole rings is 1. The molecule has 102 valence electrons. The summed E-state index contributed by atoms with van der Waals surface area (Å²) in [7, 11) is 0. The molecule has 19 heavy (non-hydrogen) atoms. The fraction of sp³-hybridized carbons (Fsp3) is 0.400. The standard InChI is InChI=1S/C15H20N2OS/c1-9-5-10(2)7-13(6-9)18-8-14-17-12(4)15(19-14)11(3)16/h5-7,11H,8,16H2,1-4H3. The van der Waals surface area contributed by atoms with E-state index >= 15 is 0 Å². The second-order valence-corrected chi connectivity index (χ2v) is 6.07. The van der Waals surface area contributed by atoms with Crippen LogP contribution in [0.15, 0.2) is 18.2 Å². The summed E-state index contributed by atoms with van der Waals surface area (Å²) in [6.07, 6.45) is 0. The van der Waals surface area contributed by atoms with Gasteiger partial charge in [0.25, 0.3) is 0 Å². The Balaban J connectivity index is 2.08. The number of aryl methyl sites for hydroxylation is 3. The van der Waals surface area contributed by atoms with Crippen molar-refractivity contribution in [2.24, 2.45) is 5.73 Å². The molecule has 0 bridgehead atoms. The molecule has 1 unspecified atom stereocenters. The van der Waals surface area contributed by atoms with Gasteiger partial charge in [-0.1, -0.05) is 6.07 Å². The van der Waals surface area contributed by atoms with Crippen LogP contribution in [0.4, 0.5) is 0 Å². The molecule has 0 aliphatic rings. The summed E-state index contributed by atoms with van der Waals surface area (Å²) in [6, 6.07) is 6.25. The first-order valence-corrected chi connectivity index (χ1v) is 7.20. The van der Waals surface area contributed by atoms with Gasteiger partial charge in [0.2, 0.25) is 0 Å². The summed E-state index contributed by atoms with van der Waals surface area (Å²) in [6.45, 7) is 8.62. The van der Waals surface area contributed by atoms with Crippen LogP contribution >= 0.6 is 11.3 Å². The summed E-state index contributed by atoms with van der Waals surface area (Å²) in [5, 5.41) is 0.976. The van der Waals surface area contributed by atoms with Gasteiger partial charge in [0.15, 0.2) is 0 Å². The number of hydrogen-bond acceptors (Lipinski definition) is 4. The van der Waals surface area contributed by atoms with E-state index in [4.69, 9.17) is 10.5 Å². The maximum Gasteiger partial charge on any atom is 0.140 e. The third kappa shape index (κ3) is 3.55. The van der Waals surface area contributed by atoms with Crippen LogP contribution in [0.25, 0.3) is 0 Å². The highest BCUT2D eigenvalue weighted by Crippen LogP contribution is 2.25. The topological polar surface area (TPSA) is 48.1 Å². The minimum atomic E-state index is 0.0347. The molecule has 4 heteroatoms. The first kappa shape index (κ1) is 14.0. The monoisotopic (exact) mass is 276 g/mol. The largest absolute Gasteiger partial charge is 0.486 e. The van der Waals surface area contributed by atoms with Crippen molar-refractivity contribution in [3.05, 3.63) is 44.9 Å². The molecule has 2 aromatic rings. The molecule has 3 nitrogen and oxygen atoms in total. The summed E-state index contributed by atoms with van der Waals surface area (Å²) in [4.78, 5) is 5.64. The van der Waals surface area contributed by atoms with E-state index in [0.717, 1.165) is 21.3 Å². The molecule has 2 N–H and O–H groups in total. The molecule has 1 aromatic carbocycles. The highest BCUT2D eigenvalue weighted by atomic mass is 32.1. The Kier molecular flexibility index (Phi) is 4.22. The highest BCUT2D eigenvalue weighted by molar-refractivity contribution is 7.11. The smallest absolute Gasteiger partial charge is 0.140 e. The van der Waals surface area contributed by atoms with Crippen LogP contribution in [-0.4, -0.2) is 4.98 Å². The van der Waals surface area contributed by atoms with E-state index in [1.165, 1.54) is 11.1 Å². The maximum atomic E-state index is 5.90. The minimum Gasteiger partial charge on any atom is -0.486 e. The summed E-state index contributed by atoms with van der Waals surface area (Å²) >= 11 is 1.63. The minimum absolute atomic E-state index is 0.0347. The van der Waals surface area contributed by atoms with Gasteiger partial charge in [-0.05, 0) is 51.0 Å². The van der Waals surface area contributed by atoms with Crippen molar-refractivity contribution in [3.63, 3.8) is 0 Å². The summed E-state index contributed by atoms with van der Waals surface area (Å²) in [5.74, 6) is 0.896. The fourth-order valence-corrected chi connectivity index (χ4v) is 3.04. The van der Waals surface area contributed by atoms with Gasteiger partial charge in [-0.3, -0.25) is 0 Å². The van der Waals surface area contributed by atoms with Crippen LogP contribution in [0.1, 0.15) is 39.7 Å². The zero-order valence-electron chi connectivity index (χ0n) is 11.9. The van der Waals surface area contributed by atoms with Gasteiger partial charge in [-0.15, -0.1) is 11.3 Å². The molecule has 1 heterocycles. The van der Waals surface area contributed by atoms with Crippen molar-refractivity contribution in [1.29, 1.82) is 0 Å². The lowest BCUT2D eigenvalue weighted by molar-refractivity contribution is 0.305. The molecule has 0 saturated heterocycles. The van der Waals surface area contributed by atoms with Gasteiger partial charge < -0.3 is 10.5 Å². The molecule has 1 aromatic heterocycles. The molecule has 0 aliphatic carbocycles. The van der Waals surface area contributed by atoms with Crippen LogP contribution in [0, 0.1) is 20.8 Å². The second kappa shape index (κ2) is 5.72. The van der Waals surface area contributed by atoms with Crippen LogP contribution < -0.4 is 10.5 Å². The quantitative estimate of drug-likeness (QED) is 0.927. The lowest BCUT2D eigenvalue weighted by Gasteiger charge is -2.06. The first-order chi connectivity index (χ1) is 8.95. The summed E-state index contributed by atoms with van der Waals surface area (Å²) < 4.78 is 5.81. The number of nitrogens with two attached hydrogens (primary N) is 1. The zero-order chi connectivity index (χ0) is 14.0. The van der Waals surface area contributed by atoms with Gasteiger partial charge >= 0.3 is 0 Å².